The number of rotatable bonds is 5. The molecule has 0 unspecified atom stereocenters. The van der Waals surface area contributed by atoms with E-state index in [1.54, 1.807) is 0 Å². The lowest BCUT2D eigenvalue weighted by molar-refractivity contribution is -0.0875. The molecule has 19 heavy (non-hydrogen) atoms. The molecule has 0 amide bonds. The van der Waals surface area contributed by atoms with Crippen LogP contribution in [0.5, 0.6) is 5.75 Å². The van der Waals surface area contributed by atoms with E-state index in [-0.39, 0.29) is 5.60 Å². The Bertz CT molecular complexity index is 390. The van der Waals surface area contributed by atoms with Crippen LogP contribution in [-0.4, -0.2) is 43.3 Å². The number of hydrogen-bond donors (Lipinski definition) is 1. The lowest BCUT2D eigenvalue weighted by Crippen LogP contribution is -2.49. The second-order valence-electron chi connectivity index (χ2n) is 5.58. The maximum Gasteiger partial charge on any atom is 0.119 e. The average molecular weight is 264 g/mol. The molecule has 1 aromatic carbocycles. The highest BCUT2D eigenvalue weighted by molar-refractivity contribution is 5.27. The van der Waals surface area contributed by atoms with Crippen molar-refractivity contribution < 1.29 is 9.47 Å². The summed E-state index contributed by atoms with van der Waals surface area (Å²) in [5.74, 6) is 0.907. The first kappa shape index (κ1) is 14.3. The van der Waals surface area contributed by atoms with E-state index in [1.807, 2.05) is 24.3 Å². The number of hydrogen-bond acceptors (Lipinski definition) is 4. The molecule has 2 rings (SSSR count). The molecule has 2 N–H and O–H groups in total. The van der Waals surface area contributed by atoms with E-state index in [0.29, 0.717) is 13.2 Å². The van der Waals surface area contributed by atoms with Crippen LogP contribution < -0.4 is 10.5 Å². The molecule has 1 aliphatic rings. The lowest BCUT2D eigenvalue weighted by Gasteiger charge is -2.38. The molecule has 0 atom stereocenters. The Morgan fingerprint density at radius 1 is 1.32 bits per heavy atom. The van der Waals surface area contributed by atoms with E-state index < -0.39 is 0 Å². The largest absolute Gasteiger partial charge is 0.492 e. The van der Waals surface area contributed by atoms with Crippen molar-refractivity contribution >= 4 is 0 Å². The number of nitrogens with two attached hydrogens (primary N) is 1. The minimum absolute atomic E-state index is 0.0407. The highest BCUT2D eigenvalue weighted by atomic mass is 16.5. The first-order valence-electron chi connectivity index (χ1n) is 6.87. The van der Waals surface area contributed by atoms with Crippen molar-refractivity contribution in [2.45, 2.75) is 26.0 Å². The van der Waals surface area contributed by atoms with Crippen molar-refractivity contribution in [3.05, 3.63) is 29.8 Å². The number of morpholine rings is 1. The number of benzene rings is 1. The van der Waals surface area contributed by atoms with Gasteiger partial charge in [0, 0.05) is 26.2 Å². The predicted molar refractivity (Wildman–Crippen MR) is 76.3 cm³/mol. The van der Waals surface area contributed by atoms with Crippen molar-refractivity contribution in [2.75, 3.05) is 32.8 Å². The van der Waals surface area contributed by atoms with Gasteiger partial charge in [-0.3, -0.25) is 4.90 Å². The molecule has 0 bridgehead atoms. The van der Waals surface area contributed by atoms with Crippen LogP contribution in [0.15, 0.2) is 24.3 Å². The molecule has 4 heteroatoms. The Hall–Kier alpha value is -1.10. The third kappa shape index (κ3) is 4.49. The summed E-state index contributed by atoms with van der Waals surface area (Å²) < 4.78 is 11.4. The first-order chi connectivity index (χ1) is 9.09. The Labute approximate surface area is 115 Å². The van der Waals surface area contributed by atoms with Gasteiger partial charge >= 0.3 is 0 Å². The molecule has 0 radical (unpaired) electrons. The maximum absolute atomic E-state index is 5.75. The van der Waals surface area contributed by atoms with Crippen molar-refractivity contribution in [3.63, 3.8) is 0 Å². The fourth-order valence-electron chi connectivity index (χ4n) is 2.32. The second-order valence-corrected chi connectivity index (χ2v) is 5.58. The summed E-state index contributed by atoms with van der Waals surface area (Å²) in [5, 5.41) is 0. The van der Waals surface area contributed by atoms with Gasteiger partial charge in [-0.25, -0.2) is 0 Å². The van der Waals surface area contributed by atoms with Gasteiger partial charge in [0.05, 0.1) is 12.2 Å². The van der Waals surface area contributed by atoms with Crippen LogP contribution in [0.25, 0.3) is 0 Å². The first-order valence-corrected chi connectivity index (χ1v) is 6.87. The average Bonchev–Trinajstić information content (AvgIpc) is 2.38. The Morgan fingerprint density at radius 2 is 2.05 bits per heavy atom. The minimum Gasteiger partial charge on any atom is -0.492 e. The van der Waals surface area contributed by atoms with Gasteiger partial charge in [0.15, 0.2) is 0 Å². The van der Waals surface area contributed by atoms with Crippen LogP contribution >= 0.6 is 0 Å². The Balaban J connectivity index is 1.73. The summed E-state index contributed by atoms with van der Waals surface area (Å²) in [6.45, 7) is 9.23. The third-order valence-corrected chi connectivity index (χ3v) is 3.34. The standard InChI is InChI=1S/C15H24N2O2/c1-15(2)12-17(8-10-19-15)7-9-18-14-5-3-13(11-16)4-6-14/h3-6H,7-12,16H2,1-2H3. The molecule has 1 heterocycles. The number of ether oxygens (including phenoxy) is 2. The van der Waals surface area contributed by atoms with E-state index in [0.717, 1.165) is 37.6 Å². The SMILES string of the molecule is CC1(C)CN(CCOc2ccc(CN)cc2)CCO1. The van der Waals surface area contributed by atoms with Crippen LogP contribution in [0.2, 0.25) is 0 Å². The van der Waals surface area contributed by atoms with Crippen LogP contribution in [0, 0.1) is 0 Å². The van der Waals surface area contributed by atoms with Crippen molar-refractivity contribution in [1.82, 2.24) is 4.90 Å². The summed E-state index contributed by atoms with van der Waals surface area (Å²) in [6.07, 6.45) is 0. The Morgan fingerprint density at radius 3 is 2.68 bits per heavy atom. The number of nitrogens with zero attached hydrogens (tertiary/aromatic N) is 1. The normalized spacial score (nSPS) is 19.3. The van der Waals surface area contributed by atoms with Crippen molar-refractivity contribution in [2.24, 2.45) is 5.73 Å². The van der Waals surface area contributed by atoms with Crippen molar-refractivity contribution in [1.29, 1.82) is 0 Å². The highest BCUT2D eigenvalue weighted by Gasteiger charge is 2.26. The third-order valence-electron chi connectivity index (χ3n) is 3.34. The molecule has 0 saturated carbocycles. The fraction of sp³-hybridized carbons (Fsp3) is 0.600. The summed E-state index contributed by atoms with van der Waals surface area (Å²) >= 11 is 0. The molecular weight excluding hydrogens is 240 g/mol. The summed E-state index contributed by atoms with van der Waals surface area (Å²) in [6, 6.07) is 7.97. The molecule has 1 aliphatic heterocycles. The van der Waals surface area contributed by atoms with Crippen molar-refractivity contribution in [3.8, 4) is 5.75 Å². The summed E-state index contributed by atoms with van der Waals surface area (Å²) in [7, 11) is 0. The van der Waals surface area contributed by atoms with Gasteiger partial charge in [-0.15, -0.1) is 0 Å². The van der Waals surface area contributed by atoms with E-state index >= 15 is 0 Å². The molecule has 1 aromatic rings. The monoisotopic (exact) mass is 264 g/mol. The van der Waals surface area contributed by atoms with E-state index in [1.165, 1.54) is 0 Å². The molecule has 106 valence electrons. The lowest BCUT2D eigenvalue weighted by atomic mass is 10.1. The predicted octanol–water partition coefficient (Wildman–Crippen LogP) is 1.63. The van der Waals surface area contributed by atoms with Crippen LogP contribution in [0.1, 0.15) is 19.4 Å². The highest BCUT2D eigenvalue weighted by Crippen LogP contribution is 2.16. The topological polar surface area (TPSA) is 47.7 Å². The quantitative estimate of drug-likeness (QED) is 0.878. The molecule has 0 aromatic heterocycles. The van der Waals surface area contributed by atoms with Crippen LogP contribution in [0.4, 0.5) is 0 Å². The van der Waals surface area contributed by atoms with E-state index in [9.17, 15) is 0 Å². The maximum atomic E-state index is 5.75. The molecule has 1 fully saturated rings. The smallest absolute Gasteiger partial charge is 0.119 e. The molecule has 0 spiro atoms. The van der Waals surface area contributed by atoms with Crippen LogP contribution in [-0.2, 0) is 11.3 Å². The zero-order chi connectivity index (χ0) is 13.7. The minimum atomic E-state index is -0.0407. The van der Waals surface area contributed by atoms with Gasteiger partial charge in [0.2, 0.25) is 0 Å². The van der Waals surface area contributed by atoms with Crippen LogP contribution in [0.3, 0.4) is 0 Å². The van der Waals surface area contributed by atoms with Gasteiger partial charge in [0.25, 0.3) is 0 Å². The fourth-order valence-corrected chi connectivity index (χ4v) is 2.32. The molecule has 1 saturated heterocycles. The summed E-state index contributed by atoms with van der Waals surface area (Å²) in [4.78, 5) is 2.39. The zero-order valence-electron chi connectivity index (χ0n) is 11.9. The van der Waals surface area contributed by atoms with E-state index in [2.05, 4.69) is 18.7 Å². The van der Waals surface area contributed by atoms with E-state index in [4.69, 9.17) is 15.2 Å². The zero-order valence-corrected chi connectivity index (χ0v) is 11.9. The molecule has 0 aliphatic carbocycles. The van der Waals surface area contributed by atoms with Gasteiger partial charge < -0.3 is 15.2 Å². The second kappa shape index (κ2) is 6.37. The Kier molecular flexibility index (Phi) is 4.80. The van der Waals surface area contributed by atoms with Gasteiger partial charge in [0.1, 0.15) is 12.4 Å². The molecule has 4 nitrogen and oxygen atoms in total. The molecular formula is C15H24N2O2. The van der Waals surface area contributed by atoms with Gasteiger partial charge in [-0.1, -0.05) is 12.1 Å². The van der Waals surface area contributed by atoms with Gasteiger partial charge in [-0.2, -0.15) is 0 Å². The summed E-state index contributed by atoms with van der Waals surface area (Å²) in [5.41, 5.74) is 6.65. The van der Waals surface area contributed by atoms with Gasteiger partial charge in [-0.05, 0) is 31.5 Å².